The van der Waals surface area contributed by atoms with Gasteiger partial charge in [-0.15, -0.1) is 0 Å². The van der Waals surface area contributed by atoms with Gasteiger partial charge in [0.1, 0.15) is 0 Å². The number of benzene rings is 1. The van der Waals surface area contributed by atoms with E-state index in [1.165, 1.54) is 5.56 Å². The first-order valence-electron chi connectivity index (χ1n) is 8.57. The number of aliphatic hydroxyl groups excluding tert-OH is 1. The lowest BCUT2D eigenvalue weighted by atomic mass is 10.1. The van der Waals surface area contributed by atoms with E-state index < -0.39 is 0 Å². The van der Waals surface area contributed by atoms with Gasteiger partial charge in [0, 0.05) is 62.3 Å². The average molecular weight is 326 g/mol. The van der Waals surface area contributed by atoms with E-state index in [0.717, 1.165) is 49.6 Å². The van der Waals surface area contributed by atoms with Crippen molar-refractivity contribution in [3.63, 3.8) is 0 Å². The molecule has 1 saturated heterocycles. The van der Waals surface area contributed by atoms with Crippen LogP contribution in [-0.4, -0.2) is 64.2 Å². The lowest BCUT2D eigenvalue weighted by Crippen LogP contribution is -2.51. The molecule has 0 aliphatic carbocycles. The van der Waals surface area contributed by atoms with Gasteiger partial charge < -0.3 is 10.0 Å². The van der Waals surface area contributed by atoms with Crippen molar-refractivity contribution in [1.82, 2.24) is 19.8 Å². The van der Waals surface area contributed by atoms with Gasteiger partial charge in [-0.25, -0.2) is 9.97 Å². The van der Waals surface area contributed by atoms with Gasteiger partial charge in [0.2, 0.25) is 0 Å². The Balaban J connectivity index is 1.64. The Morgan fingerprint density at radius 1 is 1.21 bits per heavy atom. The highest BCUT2D eigenvalue weighted by Gasteiger charge is 2.23. The van der Waals surface area contributed by atoms with Crippen LogP contribution in [0.3, 0.4) is 0 Å². The number of piperazine rings is 1. The minimum absolute atomic E-state index is 0.247. The topological polar surface area (TPSA) is 52.5 Å². The van der Waals surface area contributed by atoms with Crippen molar-refractivity contribution in [2.75, 3.05) is 33.3 Å². The van der Waals surface area contributed by atoms with E-state index in [0.29, 0.717) is 6.04 Å². The first kappa shape index (κ1) is 17.0. The minimum atomic E-state index is 0.247. The van der Waals surface area contributed by atoms with Gasteiger partial charge in [-0.2, -0.15) is 0 Å². The normalized spacial score (nSPS) is 19.5. The number of hydrogen-bond acceptors (Lipinski definition) is 5. The predicted molar refractivity (Wildman–Crippen MR) is 95.6 cm³/mol. The zero-order valence-corrected chi connectivity index (χ0v) is 14.5. The smallest absolute Gasteiger partial charge is 0.159 e. The minimum Gasteiger partial charge on any atom is -0.396 e. The average Bonchev–Trinajstić information content (AvgIpc) is 2.59. The molecular weight excluding hydrogens is 300 g/mol. The Hall–Kier alpha value is -1.82. The molecule has 1 aromatic heterocycles. The van der Waals surface area contributed by atoms with Crippen molar-refractivity contribution >= 4 is 0 Å². The molecule has 2 heterocycles. The van der Waals surface area contributed by atoms with Gasteiger partial charge in [0.25, 0.3) is 0 Å². The first-order chi connectivity index (χ1) is 11.7. The molecule has 1 N–H and O–H groups in total. The quantitative estimate of drug-likeness (QED) is 0.910. The summed E-state index contributed by atoms with van der Waals surface area (Å²) in [7, 11) is 2.14. The summed E-state index contributed by atoms with van der Waals surface area (Å²) in [4.78, 5) is 13.8. The Bertz CT molecular complexity index is 659. The Labute approximate surface area is 144 Å². The summed E-state index contributed by atoms with van der Waals surface area (Å²) in [5.41, 5.74) is 3.41. The fourth-order valence-corrected chi connectivity index (χ4v) is 3.24. The molecule has 1 aromatic carbocycles. The van der Waals surface area contributed by atoms with E-state index in [2.05, 4.69) is 45.9 Å². The van der Waals surface area contributed by atoms with E-state index in [1.54, 1.807) is 0 Å². The summed E-state index contributed by atoms with van der Waals surface area (Å²) in [5.74, 6) is 0.777. The zero-order chi connectivity index (χ0) is 16.9. The first-order valence-corrected chi connectivity index (χ1v) is 8.57. The summed E-state index contributed by atoms with van der Waals surface area (Å²) in [6, 6.07) is 8.69. The van der Waals surface area contributed by atoms with Crippen molar-refractivity contribution < 1.29 is 5.11 Å². The van der Waals surface area contributed by atoms with Crippen LogP contribution >= 0.6 is 0 Å². The molecular formula is C19H26N4O. The second kappa shape index (κ2) is 7.83. The van der Waals surface area contributed by atoms with Crippen molar-refractivity contribution in [1.29, 1.82) is 0 Å². The van der Waals surface area contributed by atoms with E-state index in [4.69, 9.17) is 0 Å². The standard InChI is InChI=1S/C19H26N4O/c1-15-4-3-5-17(10-15)19-20-11-16(12-21-19)13-23-8-7-22(2)18(14-23)6-9-24/h3-5,10-12,18,24H,6-9,13-14H2,1-2H3. The van der Waals surface area contributed by atoms with Gasteiger partial charge >= 0.3 is 0 Å². The number of rotatable bonds is 5. The number of hydrogen-bond donors (Lipinski definition) is 1. The van der Waals surface area contributed by atoms with Crippen LogP contribution in [0.2, 0.25) is 0 Å². The van der Waals surface area contributed by atoms with E-state index >= 15 is 0 Å². The van der Waals surface area contributed by atoms with Gasteiger partial charge in [-0.3, -0.25) is 4.90 Å². The fraction of sp³-hybridized carbons (Fsp3) is 0.474. The maximum absolute atomic E-state index is 9.21. The third-order valence-corrected chi connectivity index (χ3v) is 4.71. The SMILES string of the molecule is Cc1cccc(-c2ncc(CN3CCN(C)C(CCO)C3)cn2)c1. The second-order valence-corrected chi connectivity index (χ2v) is 6.67. The summed E-state index contributed by atoms with van der Waals surface area (Å²) in [5, 5.41) is 9.21. The van der Waals surface area contributed by atoms with Crippen LogP contribution in [0.4, 0.5) is 0 Å². The number of aryl methyl sites for hydroxylation is 1. The Morgan fingerprint density at radius 2 is 2.00 bits per heavy atom. The van der Waals surface area contributed by atoms with Crippen molar-refractivity contribution in [3.8, 4) is 11.4 Å². The molecule has 5 heteroatoms. The molecule has 1 aliphatic rings. The Morgan fingerprint density at radius 3 is 2.71 bits per heavy atom. The highest BCUT2D eigenvalue weighted by Crippen LogP contribution is 2.17. The van der Waals surface area contributed by atoms with Gasteiger partial charge in [-0.1, -0.05) is 23.8 Å². The molecule has 0 amide bonds. The predicted octanol–water partition coefficient (Wildman–Crippen LogP) is 1.95. The molecule has 1 unspecified atom stereocenters. The zero-order valence-electron chi connectivity index (χ0n) is 14.5. The van der Waals surface area contributed by atoms with Crippen LogP contribution in [0.15, 0.2) is 36.7 Å². The van der Waals surface area contributed by atoms with Crippen LogP contribution in [-0.2, 0) is 6.54 Å². The molecule has 128 valence electrons. The van der Waals surface area contributed by atoms with Gasteiger partial charge in [-0.05, 0) is 26.5 Å². The largest absolute Gasteiger partial charge is 0.396 e. The third kappa shape index (κ3) is 4.17. The maximum Gasteiger partial charge on any atom is 0.159 e. The summed E-state index contributed by atoms with van der Waals surface area (Å²) >= 11 is 0. The molecule has 5 nitrogen and oxygen atoms in total. The molecule has 0 radical (unpaired) electrons. The summed E-state index contributed by atoms with van der Waals surface area (Å²) < 4.78 is 0. The van der Waals surface area contributed by atoms with Crippen LogP contribution in [0.25, 0.3) is 11.4 Å². The highest BCUT2D eigenvalue weighted by molar-refractivity contribution is 5.55. The molecule has 0 bridgehead atoms. The van der Waals surface area contributed by atoms with Crippen LogP contribution in [0.1, 0.15) is 17.5 Å². The van der Waals surface area contributed by atoms with E-state index in [1.807, 2.05) is 24.5 Å². The molecule has 2 aromatic rings. The molecule has 0 saturated carbocycles. The number of likely N-dealkylation sites (N-methyl/N-ethyl adjacent to an activating group) is 1. The van der Waals surface area contributed by atoms with Gasteiger partial charge in [0.15, 0.2) is 5.82 Å². The molecule has 24 heavy (non-hydrogen) atoms. The van der Waals surface area contributed by atoms with Crippen molar-refractivity contribution in [2.45, 2.75) is 25.9 Å². The van der Waals surface area contributed by atoms with E-state index in [9.17, 15) is 5.11 Å². The number of aliphatic hydroxyl groups is 1. The fourth-order valence-electron chi connectivity index (χ4n) is 3.24. The number of aromatic nitrogens is 2. The summed E-state index contributed by atoms with van der Waals surface area (Å²) in [6.45, 7) is 6.25. The van der Waals surface area contributed by atoms with Crippen LogP contribution in [0, 0.1) is 6.92 Å². The van der Waals surface area contributed by atoms with Crippen LogP contribution in [0.5, 0.6) is 0 Å². The monoisotopic (exact) mass is 326 g/mol. The van der Waals surface area contributed by atoms with E-state index in [-0.39, 0.29) is 6.61 Å². The lowest BCUT2D eigenvalue weighted by molar-refractivity contribution is 0.0742. The van der Waals surface area contributed by atoms with Gasteiger partial charge in [0.05, 0.1) is 0 Å². The molecule has 1 atom stereocenters. The lowest BCUT2D eigenvalue weighted by Gasteiger charge is -2.39. The third-order valence-electron chi connectivity index (χ3n) is 4.71. The molecule has 1 fully saturated rings. The van der Waals surface area contributed by atoms with Crippen molar-refractivity contribution in [3.05, 3.63) is 47.8 Å². The molecule has 1 aliphatic heterocycles. The summed E-state index contributed by atoms with van der Waals surface area (Å²) in [6.07, 6.45) is 4.70. The van der Waals surface area contributed by atoms with Crippen LogP contribution < -0.4 is 0 Å². The molecule has 0 spiro atoms. The van der Waals surface area contributed by atoms with Crippen molar-refractivity contribution in [2.24, 2.45) is 0 Å². The molecule has 3 rings (SSSR count). The number of nitrogens with zero attached hydrogens (tertiary/aromatic N) is 4. The highest BCUT2D eigenvalue weighted by atomic mass is 16.3. The Kier molecular flexibility index (Phi) is 5.56. The maximum atomic E-state index is 9.21. The second-order valence-electron chi connectivity index (χ2n) is 6.67.